The molecule has 0 bridgehead atoms. The number of methoxy groups -OCH3 is 1. The van der Waals surface area contributed by atoms with Crippen molar-refractivity contribution < 1.29 is 9.47 Å². The summed E-state index contributed by atoms with van der Waals surface area (Å²) in [7, 11) is 5.55. The van der Waals surface area contributed by atoms with Gasteiger partial charge in [-0.25, -0.2) is 9.97 Å². The number of nitrogens with zero attached hydrogens (tertiary/aromatic N) is 5. The molecular formula is C18H23N5O2. The number of fused-ring (bicyclic) bond motifs is 1. The van der Waals surface area contributed by atoms with Crippen molar-refractivity contribution in [2.45, 2.75) is 20.4 Å². The second kappa shape index (κ2) is 6.96. The van der Waals surface area contributed by atoms with Crippen LogP contribution in [0.3, 0.4) is 0 Å². The van der Waals surface area contributed by atoms with E-state index in [4.69, 9.17) is 9.47 Å². The average Bonchev–Trinajstić information content (AvgIpc) is 2.90. The molecule has 1 aromatic carbocycles. The standard InChI is InChI=1S/C18H23N5O2/c1-6-25-15-9-13(7-8-14(15)24-5)10-22(3)17-16-12(2)21-23(4)18(16)20-11-19-17/h7-9,11H,6,10H2,1-5H3. The van der Waals surface area contributed by atoms with E-state index in [1.165, 1.54) is 0 Å². The second-order valence-corrected chi connectivity index (χ2v) is 5.88. The third kappa shape index (κ3) is 3.22. The fraction of sp³-hybridized carbons (Fsp3) is 0.389. The minimum Gasteiger partial charge on any atom is -0.493 e. The highest BCUT2D eigenvalue weighted by Gasteiger charge is 2.16. The average molecular weight is 341 g/mol. The fourth-order valence-corrected chi connectivity index (χ4v) is 2.98. The minimum atomic E-state index is 0.594. The molecule has 0 aliphatic heterocycles. The molecule has 2 aromatic heterocycles. The van der Waals surface area contributed by atoms with Crippen molar-refractivity contribution in [1.29, 1.82) is 0 Å². The van der Waals surface area contributed by atoms with Crippen molar-refractivity contribution in [1.82, 2.24) is 19.7 Å². The first kappa shape index (κ1) is 17.0. The first-order valence-electron chi connectivity index (χ1n) is 8.20. The second-order valence-electron chi connectivity index (χ2n) is 5.88. The molecule has 0 amide bonds. The van der Waals surface area contributed by atoms with Gasteiger partial charge < -0.3 is 14.4 Å². The zero-order valence-electron chi connectivity index (χ0n) is 15.3. The van der Waals surface area contributed by atoms with Crippen LogP contribution in [0, 0.1) is 6.92 Å². The summed E-state index contributed by atoms with van der Waals surface area (Å²) >= 11 is 0. The summed E-state index contributed by atoms with van der Waals surface area (Å²) in [6.45, 7) is 5.21. The molecule has 3 aromatic rings. The number of ether oxygens (including phenoxy) is 2. The first-order valence-corrected chi connectivity index (χ1v) is 8.20. The molecule has 0 atom stereocenters. The predicted octanol–water partition coefficient (Wildman–Crippen LogP) is 2.72. The lowest BCUT2D eigenvalue weighted by Crippen LogP contribution is -2.18. The van der Waals surface area contributed by atoms with Crippen LogP contribution in [-0.4, -0.2) is 40.5 Å². The summed E-state index contributed by atoms with van der Waals surface area (Å²) < 4.78 is 12.8. The van der Waals surface area contributed by atoms with Crippen molar-refractivity contribution >= 4 is 16.9 Å². The van der Waals surface area contributed by atoms with Gasteiger partial charge in [0, 0.05) is 20.6 Å². The van der Waals surface area contributed by atoms with Crippen molar-refractivity contribution in [3.05, 3.63) is 35.8 Å². The lowest BCUT2D eigenvalue weighted by atomic mass is 10.2. The zero-order chi connectivity index (χ0) is 18.0. The van der Waals surface area contributed by atoms with E-state index in [1.54, 1.807) is 18.1 Å². The largest absolute Gasteiger partial charge is 0.493 e. The van der Waals surface area contributed by atoms with E-state index >= 15 is 0 Å². The fourth-order valence-electron chi connectivity index (χ4n) is 2.98. The predicted molar refractivity (Wildman–Crippen MR) is 97.3 cm³/mol. The van der Waals surface area contributed by atoms with Gasteiger partial charge in [-0.1, -0.05) is 6.07 Å². The molecule has 7 heteroatoms. The van der Waals surface area contributed by atoms with Crippen LogP contribution in [0.4, 0.5) is 5.82 Å². The highest BCUT2D eigenvalue weighted by molar-refractivity contribution is 5.89. The molecule has 0 saturated carbocycles. The molecule has 0 saturated heterocycles. The monoisotopic (exact) mass is 341 g/mol. The van der Waals surface area contributed by atoms with E-state index in [9.17, 15) is 0 Å². The van der Waals surface area contributed by atoms with Crippen molar-refractivity contribution in [2.24, 2.45) is 7.05 Å². The highest BCUT2D eigenvalue weighted by atomic mass is 16.5. The van der Waals surface area contributed by atoms with E-state index in [1.807, 2.05) is 46.1 Å². The molecule has 132 valence electrons. The highest BCUT2D eigenvalue weighted by Crippen LogP contribution is 2.30. The number of hydrogen-bond donors (Lipinski definition) is 0. The summed E-state index contributed by atoms with van der Waals surface area (Å²) in [6.07, 6.45) is 1.58. The molecule has 0 spiro atoms. The van der Waals surface area contributed by atoms with Crippen LogP contribution in [0.2, 0.25) is 0 Å². The number of aryl methyl sites for hydroxylation is 2. The summed E-state index contributed by atoms with van der Waals surface area (Å²) in [5.74, 6) is 2.35. The SMILES string of the molecule is CCOc1cc(CN(C)c2ncnc3c2c(C)nn3C)ccc1OC. The molecule has 0 aliphatic rings. The summed E-state index contributed by atoms with van der Waals surface area (Å²) in [5.41, 5.74) is 2.86. The Morgan fingerprint density at radius 2 is 2.00 bits per heavy atom. The number of hydrogen-bond acceptors (Lipinski definition) is 6. The molecule has 0 radical (unpaired) electrons. The van der Waals surface area contributed by atoms with Gasteiger partial charge in [-0.15, -0.1) is 0 Å². The minimum absolute atomic E-state index is 0.594. The van der Waals surface area contributed by atoms with Crippen LogP contribution in [0.5, 0.6) is 11.5 Å². The van der Waals surface area contributed by atoms with E-state index in [0.29, 0.717) is 13.2 Å². The third-order valence-electron chi connectivity index (χ3n) is 4.08. The van der Waals surface area contributed by atoms with Gasteiger partial charge in [-0.3, -0.25) is 4.68 Å². The van der Waals surface area contributed by atoms with Crippen molar-refractivity contribution in [3.8, 4) is 11.5 Å². The van der Waals surface area contributed by atoms with Gasteiger partial charge in [0.25, 0.3) is 0 Å². The molecule has 0 aliphatic carbocycles. The molecule has 0 N–H and O–H groups in total. The maximum absolute atomic E-state index is 5.67. The Kier molecular flexibility index (Phi) is 4.74. The maximum atomic E-state index is 5.67. The van der Waals surface area contributed by atoms with Gasteiger partial charge in [0.05, 0.1) is 24.8 Å². The molecule has 2 heterocycles. The lowest BCUT2D eigenvalue weighted by molar-refractivity contribution is 0.310. The smallest absolute Gasteiger partial charge is 0.163 e. The number of aromatic nitrogens is 4. The topological polar surface area (TPSA) is 65.3 Å². The number of benzene rings is 1. The summed E-state index contributed by atoms with van der Waals surface area (Å²) in [5, 5.41) is 5.43. The Morgan fingerprint density at radius 3 is 2.72 bits per heavy atom. The Bertz CT molecular complexity index is 891. The lowest BCUT2D eigenvalue weighted by Gasteiger charge is -2.20. The third-order valence-corrected chi connectivity index (χ3v) is 4.08. The molecule has 3 rings (SSSR count). The molecule has 0 unspecified atom stereocenters. The maximum Gasteiger partial charge on any atom is 0.163 e. The number of anilines is 1. The number of rotatable bonds is 6. The van der Waals surface area contributed by atoms with E-state index in [2.05, 4.69) is 20.0 Å². The zero-order valence-corrected chi connectivity index (χ0v) is 15.3. The Balaban J connectivity index is 1.93. The Morgan fingerprint density at radius 1 is 1.20 bits per heavy atom. The van der Waals surface area contributed by atoms with E-state index in [-0.39, 0.29) is 0 Å². The van der Waals surface area contributed by atoms with Gasteiger partial charge >= 0.3 is 0 Å². The first-order chi connectivity index (χ1) is 12.0. The van der Waals surface area contributed by atoms with Crippen LogP contribution < -0.4 is 14.4 Å². The van der Waals surface area contributed by atoms with Crippen molar-refractivity contribution in [3.63, 3.8) is 0 Å². The Labute approximate surface area is 147 Å². The Hall–Kier alpha value is -2.83. The van der Waals surface area contributed by atoms with Crippen LogP contribution >= 0.6 is 0 Å². The van der Waals surface area contributed by atoms with E-state index in [0.717, 1.165) is 39.6 Å². The molecule has 0 fully saturated rings. The van der Waals surface area contributed by atoms with Crippen LogP contribution in [0.25, 0.3) is 11.0 Å². The normalized spacial score (nSPS) is 10.9. The van der Waals surface area contributed by atoms with Gasteiger partial charge in [-0.2, -0.15) is 5.10 Å². The van der Waals surface area contributed by atoms with Crippen molar-refractivity contribution in [2.75, 3.05) is 25.7 Å². The molecule has 7 nitrogen and oxygen atoms in total. The molecular weight excluding hydrogens is 318 g/mol. The van der Waals surface area contributed by atoms with Gasteiger partial charge in [-0.05, 0) is 31.5 Å². The quantitative estimate of drug-likeness (QED) is 0.687. The molecule has 25 heavy (non-hydrogen) atoms. The summed E-state index contributed by atoms with van der Waals surface area (Å²) in [6, 6.07) is 5.97. The van der Waals surface area contributed by atoms with Crippen LogP contribution in [0.15, 0.2) is 24.5 Å². The van der Waals surface area contributed by atoms with Crippen LogP contribution in [-0.2, 0) is 13.6 Å². The summed E-state index contributed by atoms with van der Waals surface area (Å²) in [4.78, 5) is 10.9. The van der Waals surface area contributed by atoms with Crippen LogP contribution in [0.1, 0.15) is 18.2 Å². The van der Waals surface area contributed by atoms with Gasteiger partial charge in [0.1, 0.15) is 12.1 Å². The van der Waals surface area contributed by atoms with E-state index < -0.39 is 0 Å². The van der Waals surface area contributed by atoms with Gasteiger partial charge in [0.2, 0.25) is 0 Å². The van der Waals surface area contributed by atoms with Gasteiger partial charge in [0.15, 0.2) is 17.1 Å².